The second-order valence-corrected chi connectivity index (χ2v) is 7.51. The maximum atomic E-state index is 13.4. The molecule has 3 aromatic carbocycles. The van der Waals surface area contributed by atoms with Gasteiger partial charge in [0, 0.05) is 10.7 Å². The molecule has 1 N–H and O–H groups in total. The minimum Gasteiger partial charge on any atom is -0.350 e. The topological polar surface area (TPSA) is 49.4 Å². The molecule has 4 nitrogen and oxygen atoms in total. The molecule has 3 aromatic rings. The van der Waals surface area contributed by atoms with E-state index in [9.17, 15) is 14.0 Å². The predicted octanol–water partition coefficient (Wildman–Crippen LogP) is 5.18. The van der Waals surface area contributed by atoms with E-state index in [1.54, 1.807) is 24.3 Å². The van der Waals surface area contributed by atoms with Gasteiger partial charge in [0.05, 0.1) is 12.1 Å². The molecule has 0 saturated heterocycles. The van der Waals surface area contributed by atoms with Crippen LogP contribution in [0.25, 0.3) is 5.57 Å². The number of halogens is 2. The maximum absolute atomic E-state index is 13.4. The Balaban J connectivity index is 1.72. The summed E-state index contributed by atoms with van der Waals surface area (Å²) in [5, 5.41) is 3.66. The zero-order valence-corrected chi connectivity index (χ0v) is 16.9. The van der Waals surface area contributed by atoms with Gasteiger partial charge in [-0.1, -0.05) is 53.6 Å². The van der Waals surface area contributed by atoms with Gasteiger partial charge in [-0.25, -0.2) is 4.39 Å². The zero-order chi connectivity index (χ0) is 21.3. The number of hydrogen-bond acceptors (Lipinski definition) is 3. The first kappa shape index (κ1) is 19.9. The van der Waals surface area contributed by atoms with Gasteiger partial charge in [-0.05, 0) is 54.4 Å². The first-order chi connectivity index (χ1) is 14.4. The van der Waals surface area contributed by atoms with Crippen LogP contribution in [0.4, 0.5) is 10.1 Å². The maximum Gasteiger partial charge on any atom is 0.278 e. The van der Waals surface area contributed by atoms with Gasteiger partial charge in [-0.3, -0.25) is 14.5 Å². The summed E-state index contributed by atoms with van der Waals surface area (Å²) in [6.07, 6.45) is 0. The molecule has 2 amide bonds. The molecule has 0 unspecified atom stereocenters. The number of carbonyl (C=O) groups excluding carboxylic acids is 2. The lowest BCUT2D eigenvalue weighted by Gasteiger charge is -2.15. The van der Waals surface area contributed by atoms with E-state index >= 15 is 0 Å². The summed E-state index contributed by atoms with van der Waals surface area (Å²) in [4.78, 5) is 27.6. The van der Waals surface area contributed by atoms with Crippen molar-refractivity contribution in [1.82, 2.24) is 4.90 Å². The third-order valence-corrected chi connectivity index (χ3v) is 5.13. The number of aryl methyl sites for hydroxylation is 1. The van der Waals surface area contributed by atoms with Gasteiger partial charge in [0.2, 0.25) is 0 Å². The van der Waals surface area contributed by atoms with Crippen molar-refractivity contribution in [1.29, 1.82) is 0 Å². The molecule has 0 fully saturated rings. The Bertz CT molecular complexity index is 1140. The summed E-state index contributed by atoms with van der Waals surface area (Å²) in [6.45, 7) is 2.07. The molecule has 4 rings (SSSR count). The number of nitrogens with zero attached hydrogens (tertiary/aromatic N) is 1. The first-order valence-electron chi connectivity index (χ1n) is 9.37. The molecule has 0 radical (unpaired) electrons. The molecule has 0 bridgehead atoms. The highest BCUT2D eigenvalue weighted by molar-refractivity contribution is 6.36. The number of amides is 2. The Morgan fingerprint density at radius 2 is 1.50 bits per heavy atom. The number of carbonyl (C=O) groups is 2. The van der Waals surface area contributed by atoms with Crippen molar-refractivity contribution in [2.75, 3.05) is 5.32 Å². The van der Waals surface area contributed by atoms with Crippen molar-refractivity contribution in [2.45, 2.75) is 13.5 Å². The van der Waals surface area contributed by atoms with Crippen molar-refractivity contribution in [3.05, 3.63) is 106 Å². The number of nitrogens with one attached hydrogen (secondary N) is 1. The lowest BCUT2D eigenvalue weighted by Crippen LogP contribution is -2.32. The molecule has 0 spiro atoms. The summed E-state index contributed by atoms with van der Waals surface area (Å²) in [5.74, 6) is -1.28. The number of hydrogen-bond donors (Lipinski definition) is 1. The van der Waals surface area contributed by atoms with Crippen LogP contribution in [0.2, 0.25) is 5.02 Å². The summed E-state index contributed by atoms with van der Waals surface area (Å²) in [6, 6.07) is 20.0. The van der Waals surface area contributed by atoms with Crippen LogP contribution in [0.15, 0.2) is 78.5 Å². The third kappa shape index (κ3) is 3.98. The fourth-order valence-electron chi connectivity index (χ4n) is 3.27. The third-order valence-electron chi connectivity index (χ3n) is 4.88. The van der Waals surface area contributed by atoms with E-state index in [1.807, 2.05) is 31.2 Å². The predicted molar refractivity (Wildman–Crippen MR) is 115 cm³/mol. The van der Waals surface area contributed by atoms with E-state index in [2.05, 4.69) is 5.32 Å². The second-order valence-electron chi connectivity index (χ2n) is 7.07. The lowest BCUT2D eigenvalue weighted by atomic mass is 10.0. The highest BCUT2D eigenvalue weighted by Gasteiger charge is 2.39. The standard InChI is InChI=1S/C24H18ClFN2O2/c1-15-2-12-20(13-3-15)27-22-21(17-6-10-19(26)11-7-17)23(29)28(24(22)30)14-16-4-8-18(25)9-5-16/h2-13,27H,14H2,1H3. The van der Waals surface area contributed by atoms with Crippen LogP contribution in [0.1, 0.15) is 16.7 Å². The Labute approximate surface area is 178 Å². The smallest absolute Gasteiger partial charge is 0.278 e. The van der Waals surface area contributed by atoms with Crippen LogP contribution in [0, 0.1) is 12.7 Å². The van der Waals surface area contributed by atoms with Crippen LogP contribution >= 0.6 is 11.6 Å². The fraction of sp³-hybridized carbons (Fsp3) is 0.0833. The number of rotatable bonds is 5. The number of anilines is 1. The molecule has 6 heteroatoms. The minimum atomic E-state index is -0.435. The molecule has 150 valence electrons. The van der Waals surface area contributed by atoms with Crippen LogP contribution < -0.4 is 5.32 Å². The SMILES string of the molecule is Cc1ccc(NC2=C(c3ccc(F)cc3)C(=O)N(Cc3ccc(Cl)cc3)C2=O)cc1. The van der Waals surface area contributed by atoms with Gasteiger partial charge >= 0.3 is 0 Å². The summed E-state index contributed by atoms with van der Waals surface area (Å²) >= 11 is 5.93. The summed E-state index contributed by atoms with van der Waals surface area (Å²) in [7, 11) is 0. The Kier molecular flexibility index (Phi) is 5.38. The van der Waals surface area contributed by atoms with E-state index in [0.29, 0.717) is 16.3 Å². The summed E-state index contributed by atoms with van der Waals surface area (Å²) < 4.78 is 13.4. The highest BCUT2D eigenvalue weighted by Crippen LogP contribution is 2.31. The van der Waals surface area contributed by atoms with Gasteiger partial charge in [0.1, 0.15) is 11.5 Å². The largest absolute Gasteiger partial charge is 0.350 e. The van der Waals surface area contributed by atoms with E-state index in [-0.39, 0.29) is 17.8 Å². The molecule has 1 aliphatic heterocycles. The molecule has 1 heterocycles. The van der Waals surface area contributed by atoms with Crippen molar-refractivity contribution in [2.24, 2.45) is 0 Å². The van der Waals surface area contributed by atoms with Crippen molar-refractivity contribution < 1.29 is 14.0 Å². The van der Waals surface area contributed by atoms with Crippen molar-refractivity contribution in [3.8, 4) is 0 Å². The molecule has 0 atom stereocenters. The lowest BCUT2D eigenvalue weighted by molar-refractivity contribution is -0.137. The molecule has 0 aromatic heterocycles. The highest BCUT2D eigenvalue weighted by atomic mass is 35.5. The Morgan fingerprint density at radius 3 is 2.13 bits per heavy atom. The van der Waals surface area contributed by atoms with Crippen LogP contribution in [-0.4, -0.2) is 16.7 Å². The second kappa shape index (κ2) is 8.13. The molecule has 1 aliphatic rings. The number of imide groups is 1. The summed E-state index contributed by atoms with van der Waals surface area (Å²) in [5.41, 5.74) is 3.40. The molecular formula is C24H18ClFN2O2. The van der Waals surface area contributed by atoms with Crippen molar-refractivity contribution >= 4 is 34.7 Å². The van der Waals surface area contributed by atoms with Gasteiger partial charge in [0.25, 0.3) is 11.8 Å². The molecule has 0 aliphatic carbocycles. The van der Waals surface area contributed by atoms with Gasteiger partial charge in [-0.2, -0.15) is 0 Å². The van der Waals surface area contributed by atoms with Crippen LogP contribution in [-0.2, 0) is 16.1 Å². The normalized spacial score (nSPS) is 13.9. The van der Waals surface area contributed by atoms with E-state index in [4.69, 9.17) is 11.6 Å². The zero-order valence-electron chi connectivity index (χ0n) is 16.2. The molecular weight excluding hydrogens is 403 g/mol. The van der Waals surface area contributed by atoms with Crippen LogP contribution in [0.3, 0.4) is 0 Å². The molecule has 30 heavy (non-hydrogen) atoms. The van der Waals surface area contributed by atoms with E-state index in [0.717, 1.165) is 11.1 Å². The van der Waals surface area contributed by atoms with Crippen LogP contribution in [0.5, 0.6) is 0 Å². The van der Waals surface area contributed by atoms with Gasteiger partial charge in [-0.15, -0.1) is 0 Å². The monoisotopic (exact) mass is 420 g/mol. The van der Waals surface area contributed by atoms with Gasteiger partial charge in [0.15, 0.2) is 0 Å². The Hall–Kier alpha value is -3.44. The average molecular weight is 421 g/mol. The first-order valence-corrected chi connectivity index (χ1v) is 9.75. The number of benzene rings is 3. The quantitative estimate of drug-likeness (QED) is 0.578. The Morgan fingerprint density at radius 1 is 0.867 bits per heavy atom. The fourth-order valence-corrected chi connectivity index (χ4v) is 3.40. The minimum absolute atomic E-state index is 0.110. The van der Waals surface area contributed by atoms with E-state index < -0.39 is 17.6 Å². The van der Waals surface area contributed by atoms with E-state index in [1.165, 1.54) is 29.2 Å². The van der Waals surface area contributed by atoms with Gasteiger partial charge < -0.3 is 5.32 Å². The average Bonchev–Trinajstić information content (AvgIpc) is 2.96. The molecule has 0 saturated carbocycles. The van der Waals surface area contributed by atoms with Crippen molar-refractivity contribution in [3.63, 3.8) is 0 Å².